The fourth-order valence-corrected chi connectivity index (χ4v) is 0.748. The fourth-order valence-electron chi connectivity index (χ4n) is 0.748. The molecule has 0 rings (SSSR count). The summed E-state index contributed by atoms with van der Waals surface area (Å²) in [6.07, 6.45) is 1.51. The highest BCUT2D eigenvalue weighted by Gasteiger charge is 2.16. The topological polar surface area (TPSA) is 58.9 Å². The highest BCUT2D eigenvalue weighted by molar-refractivity contribution is 4.76. The smallest absolute Gasteiger partial charge is 0.117 e. The molecule has 0 bridgehead atoms. The second-order valence-corrected chi connectivity index (χ2v) is 2.31. The third-order valence-electron chi connectivity index (χ3n) is 1.44. The lowest BCUT2D eigenvalue weighted by molar-refractivity contribution is 0.516. The quantitative estimate of drug-likeness (QED) is 0.554. The highest BCUT2D eigenvalue weighted by atomic mass is 16.3. The van der Waals surface area contributed by atoms with Crippen LogP contribution in [-0.2, 0) is 0 Å². The number of nitroso groups, excluding NO2 is 2. The van der Waals surface area contributed by atoms with Gasteiger partial charge >= 0.3 is 0 Å². The zero-order valence-electron chi connectivity index (χ0n) is 6.28. The molecule has 0 aliphatic rings. The molecule has 0 fully saturated rings. The van der Waals surface area contributed by atoms with Gasteiger partial charge in [0.1, 0.15) is 12.1 Å². The predicted octanol–water partition coefficient (Wildman–Crippen LogP) is 2.08. The fraction of sp³-hybridized carbons (Fsp3) is 1.00. The Bertz CT molecular complexity index is 116. The van der Waals surface area contributed by atoms with Gasteiger partial charge in [0.15, 0.2) is 0 Å². The van der Waals surface area contributed by atoms with Crippen LogP contribution in [0.25, 0.3) is 0 Å². The van der Waals surface area contributed by atoms with Gasteiger partial charge in [0.25, 0.3) is 0 Å². The molecule has 10 heavy (non-hydrogen) atoms. The van der Waals surface area contributed by atoms with Crippen molar-refractivity contribution in [1.82, 2.24) is 0 Å². The summed E-state index contributed by atoms with van der Waals surface area (Å²) >= 11 is 0. The largest absolute Gasteiger partial charge is 0.150 e. The van der Waals surface area contributed by atoms with Crippen LogP contribution in [-0.4, -0.2) is 12.1 Å². The third kappa shape index (κ3) is 2.66. The summed E-state index contributed by atoms with van der Waals surface area (Å²) in [6.45, 7) is 3.55. The Hall–Kier alpha value is -0.800. The summed E-state index contributed by atoms with van der Waals surface area (Å²) < 4.78 is 0. The Morgan fingerprint density at radius 2 is 1.90 bits per heavy atom. The van der Waals surface area contributed by atoms with E-state index in [1.165, 1.54) is 0 Å². The van der Waals surface area contributed by atoms with Crippen molar-refractivity contribution in [1.29, 1.82) is 0 Å². The van der Waals surface area contributed by atoms with Crippen LogP contribution in [0.4, 0.5) is 0 Å². The van der Waals surface area contributed by atoms with Crippen molar-refractivity contribution in [2.24, 2.45) is 10.4 Å². The minimum absolute atomic E-state index is 0.428. The van der Waals surface area contributed by atoms with E-state index in [4.69, 9.17) is 0 Å². The first kappa shape index (κ1) is 9.20. The first-order valence-electron chi connectivity index (χ1n) is 3.41. The molecule has 0 aliphatic heterocycles. The molecule has 0 saturated heterocycles. The third-order valence-corrected chi connectivity index (χ3v) is 1.44. The van der Waals surface area contributed by atoms with E-state index in [1.54, 1.807) is 6.92 Å². The van der Waals surface area contributed by atoms with Crippen LogP contribution in [0.1, 0.15) is 26.7 Å². The number of nitrogens with zero attached hydrogens (tertiary/aromatic N) is 2. The van der Waals surface area contributed by atoms with Gasteiger partial charge in [-0.2, -0.15) is 9.81 Å². The van der Waals surface area contributed by atoms with Gasteiger partial charge < -0.3 is 0 Å². The molecule has 0 aromatic rings. The van der Waals surface area contributed by atoms with Gasteiger partial charge in [-0.15, -0.1) is 0 Å². The van der Waals surface area contributed by atoms with Crippen LogP contribution >= 0.6 is 0 Å². The molecule has 0 saturated carbocycles. The van der Waals surface area contributed by atoms with Crippen molar-refractivity contribution in [2.45, 2.75) is 38.8 Å². The maximum absolute atomic E-state index is 10.0. The number of rotatable bonds is 5. The molecule has 0 aromatic carbocycles. The molecule has 0 spiro atoms. The van der Waals surface area contributed by atoms with Crippen LogP contribution in [0.2, 0.25) is 0 Å². The van der Waals surface area contributed by atoms with E-state index >= 15 is 0 Å². The van der Waals surface area contributed by atoms with E-state index in [-0.39, 0.29) is 0 Å². The number of hydrogen-bond donors (Lipinski definition) is 0. The van der Waals surface area contributed by atoms with Crippen molar-refractivity contribution in [3.8, 4) is 0 Å². The zero-order valence-corrected chi connectivity index (χ0v) is 6.28. The molecule has 0 aliphatic carbocycles. The van der Waals surface area contributed by atoms with Crippen molar-refractivity contribution in [2.75, 3.05) is 0 Å². The minimum Gasteiger partial charge on any atom is -0.150 e. The van der Waals surface area contributed by atoms with E-state index in [0.717, 1.165) is 6.42 Å². The summed E-state index contributed by atoms with van der Waals surface area (Å²) in [4.78, 5) is 20.0. The molecule has 4 nitrogen and oxygen atoms in total. The van der Waals surface area contributed by atoms with Crippen LogP contribution in [0.5, 0.6) is 0 Å². The average Bonchev–Trinajstić information content (AvgIpc) is 1.99. The van der Waals surface area contributed by atoms with Crippen molar-refractivity contribution >= 4 is 0 Å². The first-order chi connectivity index (χ1) is 4.76. The van der Waals surface area contributed by atoms with Gasteiger partial charge in [-0.05, 0) is 13.3 Å². The van der Waals surface area contributed by atoms with E-state index in [1.807, 2.05) is 6.92 Å². The van der Waals surface area contributed by atoms with Gasteiger partial charge in [-0.1, -0.05) is 23.7 Å². The van der Waals surface area contributed by atoms with Gasteiger partial charge in [0.05, 0.1) is 0 Å². The summed E-state index contributed by atoms with van der Waals surface area (Å²) in [5, 5.41) is 5.54. The van der Waals surface area contributed by atoms with Crippen LogP contribution in [0.15, 0.2) is 10.4 Å². The molecular formula is C6H12N2O2. The molecule has 4 heteroatoms. The normalized spacial score (nSPS) is 15.8. The van der Waals surface area contributed by atoms with E-state index < -0.39 is 12.1 Å². The van der Waals surface area contributed by atoms with Crippen LogP contribution < -0.4 is 0 Å². The van der Waals surface area contributed by atoms with Crippen molar-refractivity contribution in [3.63, 3.8) is 0 Å². The second-order valence-electron chi connectivity index (χ2n) is 2.31. The zero-order chi connectivity index (χ0) is 7.98. The van der Waals surface area contributed by atoms with Gasteiger partial charge in [-0.3, -0.25) is 0 Å². The Kier molecular flexibility index (Phi) is 4.62. The molecule has 58 valence electrons. The molecule has 0 amide bonds. The maximum Gasteiger partial charge on any atom is 0.117 e. The minimum atomic E-state index is -0.475. The van der Waals surface area contributed by atoms with Crippen LogP contribution in [0, 0.1) is 9.81 Å². The Morgan fingerprint density at radius 3 is 2.20 bits per heavy atom. The summed E-state index contributed by atoms with van der Waals surface area (Å²) in [5.41, 5.74) is 0. The summed E-state index contributed by atoms with van der Waals surface area (Å²) in [6, 6.07) is -0.903. The van der Waals surface area contributed by atoms with E-state index in [9.17, 15) is 9.81 Å². The van der Waals surface area contributed by atoms with E-state index in [2.05, 4.69) is 10.4 Å². The monoisotopic (exact) mass is 144 g/mol. The predicted molar refractivity (Wildman–Crippen MR) is 39.7 cm³/mol. The molecule has 0 heterocycles. The SMILES string of the molecule is CCCC(N=O)C(C)N=O. The van der Waals surface area contributed by atoms with Gasteiger partial charge in [0.2, 0.25) is 0 Å². The maximum atomic E-state index is 10.0. The standard InChI is InChI=1S/C6H12N2O2/c1-3-4-6(8-10)5(2)7-9/h5-6H,3-4H2,1-2H3. The Labute approximate surface area is 60.0 Å². The van der Waals surface area contributed by atoms with Gasteiger partial charge in [0, 0.05) is 0 Å². The molecule has 0 radical (unpaired) electrons. The van der Waals surface area contributed by atoms with E-state index in [0.29, 0.717) is 6.42 Å². The molecule has 2 unspecified atom stereocenters. The molecule has 0 aromatic heterocycles. The van der Waals surface area contributed by atoms with Crippen molar-refractivity contribution in [3.05, 3.63) is 9.81 Å². The first-order valence-corrected chi connectivity index (χ1v) is 3.41. The lowest BCUT2D eigenvalue weighted by Crippen LogP contribution is -2.17. The van der Waals surface area contributed by atoms with Gasteiger partial charge in [-0.25, -0.2) is 0 Å². The summed E-state index contributed by atoms with van der Waals surface area (Å²) in [5.74, 6) is 0. The van der Waals surface area contributed by atoms with Crippen molar-refractivity contribution < 1.29 is 0 Å². The Balaban J connectivity index is 3.78. The average molecular weight is 144 g/mol. The lowest BCUT2D eigenvalue weighted by atomic mass is 10.1. The number of hydrogen-bond acceptors (Lipinski definition) is 4. The highest BCUT2D eigenvalue weighted by Crippen LogP contribution is 2.08. The van der Waals surface area contributed by atoms with Crippen LogP contribution in [0.3, 0.4) is 0 Å². The Morgan fingerprint density at radius 1 is 1.30 bits per heavy atom. The molecular weight excluding hydrogens is 132 g/mol. The second kappa shape index (κ2) is 5.02. The lowest BCUT2D eigenvalue weighted by Gasteiger charge is -2.07. The summed E-state index contributed by atoms with van der Waals surface area (Å²) in [7, 11) is 0. The molecule has 0 N–H and O–H groups in total. The molecule has 2 atom stereocenters.